The third-order valence-electron chi connectivity index (χ3n) is 3.97. The Kier molecular flexibility index (Phi) is 7.79. The lowest BCUT2D eigenvalue weighted by molar-refractivity contribution is -0.174. The largest absolute Gasteiger partial charge is 0.472 e. The number of alkyl halides is 3. The summed E-state index contributed by atoms with van der Waals surface area (Å²) in [6, 6.07) is 14.8. The number of urea groups is 1. The lowest BCUT2D eigenvalue weighted by atomic mass is 10.1. The highest BCUT2D eigenvalue weighted by Gasteiger charge is 2.38. The van der Waals surface area contributed by atoms with Gasteiger partial charge in [-0.1, -0.05) is 37.3 Å². The number of nitrogens with one attached hydrogen (secondary N) is 3. The van der Waals surface area contributed by atoms with Crippen LogP contribution in [0.1, 0.15) is 29.3 Å². The fourth-order valence-corrected chi connectivity index (χ4v) is 2.48. The zero-order valence-corrected chi connectivity index (χ0v) is 16.1. The fraction of sp³-hybridized carbons (Fsp3) is 0.250. The van der Waals surface area contributed by atoms with Gasteiger partial charge in [0.1, 0.15) is 0 Å². The summed E-state index contributed by atoms with van der Waals surface area (Å²) in [7, 11) is 0. The second-order valence-corrected chi connectivity index (χ2v) is 6.25. The van der Waals surface area contributed by atoms with Crippen molar-refractivity contribution < 1.29 is 27.6 Å². The summed E-state index contributed by atoms with van der Waals surface area (Å²) in [5, 5.41) is 2.79. The first-order valence-electron chi connectivity index (χ1n) is 9.09. The lowest BCUT2D eigenvalue weighted by Crippen LogP contribution is -2.47. The first kappa shape index (κ1) is 22.7. The van der Waals surface area contributed by atoms with Gasteiger partial charge < -0.3 is 5.32 Å². The molecule has 0 unspecified atom stereocenters. The van der Waals surface area contributed by atoms with Crippen LogP contribution in [0.5, 0.6) is 0 Å². The normalized spacial score (nSPS) is 10.8. The van der Waals surface area contributed by atoms with E-state index >= 15 is 0 Å². The van der Waals surface area contributed by atoms with Gasteiger partial charge in [0, 0.05) is 24.3 Å². The van der Waals surface area contributed by atoms with Gasteiger partial charge in [0.25, 0.3) is 5.91 Å². The predicted molar refractivity (Wildman–Crippen MR) is 104 cm³/mol. The van der Waals surface area contributed by atoms with E-state index in [0.717, 1.165) is 12.1 Å². The van der Waals surface area contributed by atoms with Crippen molar-refractivity contribution in [2.75, 3.05) is 11.4 Å². The van der Waals surface area contributed by atoms with Crippen LogP contribution >= 0.6 is 0 Å². The average Bonchev–Trinajstić information content (AvgIpc) is 2.74. The van der Waals surface area contributed by atoms with Crippen LogP contribution in [0.25, 0.3) is 0 Å². The number of anilines is 1. The quantitative estimate of drug-likeness (QED) is 0.625. The summed E-state index contributed by atoms with van der Waals surface area (Å²) in [5.41, 5.74) is 4.47. The zero-order valence-electron chi connectivity index (χ0n) is 16.1. The van der Waals surface area contributed by atoms with Gasteiger partial charge in [-0.05, 0) is 36.2 Å². The molecule has 0 fully saturated rings. The molecule has 0 radical (unpaired) electrons. The molecule has 0 aliphatic carbocycles. The molecule has 0 heterocycles. The van der Waals surface area contributed by atoms with E-state index in [-0.39, 0.29) is 18.1 Å². The Morgan fingerprint density at radius 3 is 2.13 bits per heavy atom. The molecule has 2 rings (SSSR count). The summed E-state index contributed by atoms with van der Waals surface area (Å²) < 4.78 is 36.4. The van der Waals surface area contributed by atoms with Crippen molar-refractivity contribution in [1.29, 1.82) is 0 Å². The fourth-order valence-electron chi connectivity index (χ4n) is 2.48. The Balaban J connectivity index is 1.91. The van der Waals surface area contributed by atoms with Crippen LogP contribution in [0.15, 0.2) is 54.6 Å². The molecule has 0 saturated heterocycles. The van der Waals surface area contributed by atoms with Crippen molar-refractivity contribution in [3.05, 3.63) is 65.7 Å². The number of carbonyl (C=O) groups is 3. The van der Waals surface area contributed by atoms with Crippen molar-refractivity contribution >= 4 is 23.5 Å². The van der Waals surface area contributed by atoms with Gasteiger partial charge in [-0.2, -0.15) is 13.2 Å². The number of halogens is 3. The van der Waals surface area contributed by atoms with Crippen LogP contribution in [0, 0.1) is 0 Å². The molecule has 7 nitrogen and oxygen atoms in total. The minimum Gasteiger partial charge on any atom is -0.334 e. The first-order chi connectivity index (χ1) is 14.2. The lowest BCUT2D eigenvalue weighted by Gasteiger charge is -2.22. The molecule has 30 heavy (non-hydrogen) atoms. The second-order valence-electron chi connectivity index (χ2n) is 6.25. The summed E-state index contributed by atoms with van der Waals surface area (Å²) in [6.45, 7) is 2.70. The van der Waals surface area contributed by atoms with E-state index in [1.165, 1.54) is 17.6 Å². The number of amides is 4. The molecule has 0 bridgehead atoms. The first-order valence-corrected chi connectivity index (χ1v) is 9.09. The van der Waals surface area contributed by atoms with Gasteiger partial charge in [0.15, 0.2) is 0 Å². The van der Waals surface area contributed by atoms with E-state index in [0.29, 0.717) is 12.1 Å². The second kappa shape index (κ2) is 10.3. The number of hydrazine groups is 1. The molecule has 0 aliphatic heterocycles. The maximum atomic E-state index is 12.5. The minimum atomic E-state index is -5.10. The molecule has 0 spiro atoms. The van der Waals surface area contributed by atoms with Crippen molar-refractivity contribution in [3.63, 3.8) is 0 Å². The number of benzene rings is 2. The highest BCUT2D eigenvalue weighted by molar-refractivity contribution is 5.96. The molecule has 2 aromatic rings. The number of carbonyl (C=O) groups excluding carboxylic acids is 3. The molecule has 0 atom stereocenters. The van der Waals surface area contributed by atoms with Gasteiger partial charge in [0.05, 0.1) is 0 Å². The topological polar surface area (TPSA) is 90.5 Å². The van der Waals surface area contributed by atoms with Crippen LogP contribution in [-0.2, 0) is 11.3 Å². The Morgan fingerprint density at radius 1 is 0.933 bits per heavy atom. The average molecular weight is 422 g/mol. The van der Waals surface area contributed by atoms with Gasteiger partial charge in [-0.3, -0.25) is 25.3 Å². The van der Waals surface area contributed by atoms with E-state index in [1.807, 2.05) is 37.3 Å². The van der Waals surface area contributed by atoms with Crippen LogP contribution in [0.2, 0.25) is 0 Å². The van der Waals surface area contributed by atoms with Crippen molar-refractivity contribution in [1.82, 2.24) is 16.2 Å². The zero-order chi connectivity index (χ0) is 22.1. The predicted octanol–water partition coefficient (Wildman–Crippen LogP) is 3.14. The smallest absolute Gasteiger partial charge is 0.334 e. The third kappa shape index (κ3) is 6.50. The molecule has 0 saturated carbocycles. The Hall–Kier alpha value is -3.56. The van der Waals surface area contributed by atoms with Gasteiger partial charge in [-0.15, -0.1) is 0 Å². The molecule has 0 aromatic heterocycles. The van der Waals surface area contributed by atoms with E-state index < -0.39 is 18.0 Å². The monoisotopic (exact) mass is 422 g/mol. The summed E-state index contributed by atoms with van der Waals surface area (Å²) in [4.78, 5) is 36.7. The summed E-state index contributed by atoms with van der Waals surface area (Å²) in [6.07, 6.45) is -4.32. The van der Waals surface area contributed by atoms with Gasteiger partial charge in [0.2, 0.25) is 0 Å². The molecule has 4 amide bonds. The molecule has 160 valence electrons. The molecule has 0 aliphatic rings. The van der Waals surface area contributed by atoms with Crippen LogP contribution < -0.4 is 21.1 Å². The maximum absolute atomic E-state index is 12.5. The SMILES string of the molecule is CCCN(C(=O)NCc1ccc(C(=O)NNC(=O)C(F)(F)F)cc1)c1ccccc1. The summed E-state index contributed by atoms with van der Waals surface area (Å²) in [5.74, 6) is -3.17. The standard InChI is InChI=1S/C20H21F3N4O3/c1-2-12-27(16-6-4-3-5-7-16)19(30)24-13-14-8-10-15(11-9-14)17(28)25-26-18(29)20(21,22)23/h3-11H,2,12-13H2,1H3,(H,24,30)(H,25,28)(H,26,29). The van der Waals surface area contributed by atoms with E-state index in [9.17, 15) is 27.6 Å². The maximum Gasteiger partial charge on any atom is 0.472 e. The Bertz CT molecular complexity index is 871. The van der Waals surface area contributed by atoms with Crippen molar-refractivity contribution in [3.8, 4) is 0 Å². The molecule has 10 heteroatoms. The molecular formula is C20H21F3N4O3. The number of nitrogens with zero attached hydrogens (tertiary/aromatic N) is 1. The summed E-state index contributed by atoms with van der Waals surface area (Å²) >= 11 is 0. The number of hydrogen-bond acceptors (Lipinski definition) is 3. The molecule has 2 aromatic carbocycles. The third-order valence-corrected chi connectivity index (χ3v) is 3.97. The number of hydrogen-bond donors (Lipinski definition) is 3. The van der Waals surface area contributed by atoms with E-state index in [4.69, 9.17) is 0 Å². The Labute approximate surface area is 171 Å². The van der Waals surface area contributed by atoms with Crippen LogP contribution in [0.3, 0.4) is 0 Å². The number of para-hydroxylation sites is 1. The molecule has 3 N–H and O–H groups in total. The van der Waals surface area contributed by atoms with Crippen LogP contribution in [0.4, 0.5) is 23.7 Å². The van der Waals surface area contributed by atoms with Gasteiger partial charge >= 0.3 is 18.1 Å². The highest BCUT2D eigenvalue weighted by atomic mass is 19.4. The highest BCUT2D eigenvalue weighted by Crippen LogP contribution is 2.15. The van der Waals surface area contributed by atoms with E-state index in [1.54, 1.807) is 22.5 Å². The Morgan fingerprint density at radius 2 is 1.57 bits per heavy atom. The number of rotatable bonds is 6. The minimum absolute atomic E-state index is 0.0458. The van der Waals surface area contributed by atoms with Crippen molar-refractivity contribution in [2.45, 2.75) is 26.1 Å². The van der Waals surface area contributed by atoms with Crippen LogP contribution in [-0.4, -0.2) is 30.6 Å². The van der Waals surface area contributed by atoms with Crippen molar-refractivity contribution in [2.24, 2.45) is 0 Å². The molecular weight excluding hydrogens is 401 g/mol. The van der Waals surface area contributed by atoms with Gasteiger partial charge in [-0.25, -0.2) is 4.79 Å². The van der Waals surface area contributed by atoms with E-state index in [2.05, 4.69) is 5.32 Å².